The fourth-order valence-electron chi connectivity index (χ4n) is 4.54. The summed E-state index contributed by atoms with van der Waals surface area (Å²) in [5, 5.41) is 2.75. The van der Waals surface area contributed by atoms with Gasteiger partial charge in [-0.15, -0.1) is 0 Å². The number of benzene rings is 2. The van der Waals surface area contributed by atoms with Crippen molar-refractivity contribution in [3.8, 4) is 0 Å². The van der Waals surface area contributed by atoms with Crippen LogP contribution in [0.4, 0.5) is 18.9 Å². The maximum atomic E-state index is 12.6. The Morgan fingerprint density at radius 1 is 1.10 bits per heavy atom. The molecule has 2 aromatic rings. The number of fused-ring (bicyclic) bond motifs is 1. The molecule has 2 aromatic carbocycles. The van der Waals surface area contributed by atoms with Crippen LogP contribution in [0.1, 0.15) is 29.5 Å². The Morgan fingerprint density at radius 2 is 1.74 bits per heavy atom. The molecule has 0 radical (unpaired) electrons. The number of carbonyl (C=O) groups excluding carboxylic acids is 2. The van der Waals surface area contributed by atoms with Gasteiger partial charge in [-0.2, -0.15) is 13.2 Å². The third-order valence-corrected chi connectivity index (χ3v) is 6.11. The Hall–Kier alpha value is -3.09. The van der Waals surface area contributed by atoms with E-state index in [-0.39, 0.29) is 24.2 Å². The second-order valence-electron chi connectivity index (χ2n) is 8.38. The van der Waals surface area contributed by atoms with Gasteiger partial charge >= 0.3 is 12.1 Å². The van der Waals surface area contributed by atoms with Crippen LogP contribution in [0.25, 0.3) is 0 Å². The molecule has 2 fully saturated rings. The first kappa shape index (κ1) is 21.2. The number of rotatable bonds is 5. The molecule has 2 unspecified atom stereocenters. The first-order chi connectivity index (χ1) is 14.7. The maximum Gasteiger partial charge on any atom is 0.416 e. The summed E-state index contributed by atoms with van der Waals surface area (Å²) < 4.78 is 43.2. The molecule has 1 heterocycles. The van der Waals surface area contributed by atoms with E-state index >= 15 is 0 Å². The highest BCUT2D eigenvalue weighted by atomic mass is 19.4. The molecule has 31 heavy (non-hydrogen) atoms. The van der Waals surface area contributed by atoms with E-state index in [0.29, 0.717) is 30.7 Å². The van der Waals surface area contributed by atoms with Crippen LogP contribution < -0.4 is 5.32 Å². The van der Waals surface area contributed by atoms with Gasteiger partial charge < -0.3 is 10.1 Å². The van der Waals surface area contributed by atoms with Crippen LogP contribution in [0.5, 0.6) is 0 Å². The molecule has 0 spiro atoms. The number of amides is 1. The van der Waals surface area contributed by atoms with Crippen molar-refractivity contribution >= 4 is 17.6 Å². The number of ether oxygens (including phenoxy) is 1. The van der Waals surface area contributed by atoms with Crippen LogP contribution in [0, 0.1) is 11.3 Å². The second kappa shape index (κ2) is 7.87. The Bertz CT molecular complexity index is 1010. The van der Waals surface area contributed by atoms with Gasteiger partial charge in [-0.25, -0.2) is 0 Å². The first-order valence-electron chi connectivity index (χ1n) is 10.0. The average molecular weight is 429 g/mol. The zero-order valence-electron chi connectivity index (χ0n) is 16.8. The van der Waals surface area contributed by atoms with Crippen LogP contribution >= 0.6 is 0 Å². The van der Waals surface area contributed by atoms with Crippen molar-refractivity contribution in [1.29, 1.82) is 0 Å². The highest BCUT2D eigenvalue weighted by Crippen LogP contribution is 2.52. The number of cyclic esters (lactones) is 1. The number of allylic oxidation sites excluding steroid dienone is 1. The Labute approximate surface area is 178 Å². The van der Waals surface area contributed by atoms with Crippen molar-refractivity contribution in [2.45, 2.75) is 31.9 Å². The number of nitrogens with one attached hydrogen (secondary N) is 1. The van der Waals surface area contributed by atoms with Gasteiger partial charge in [-0.05, 0) is 54.7 Å². The second-order valence-corrected chi connectivity index (χ2v) is 8.38. The predicted molar refractivity (Wildman–Crippen MR) is 109 cm³/mol. The number of hydrogen-bond acceptors (Lipinski definition) is 3. The highest BCUT2D eigenvalue weighted by molar-refractivity contribution is 5.92. The number of esters is 1. The van der Waals surface area contributed by atoms with Gasteiger partial charge in [0.25, 0.3) is 0 Å². The SMILES string of the molecule is C=C1CC2COC(=O)C2(Cc2ccc(NC(=O)Cc3ccc(C(F)(F)F)cc3)cc2)C1. The third-order valence-electron chi connectivity index (χ3n) is 6.11. The largest absolute Gasteiger partial charge is 0.465 e. The molecule has 2 aliphatic rings. The Kier molecular flexibility index (Phi) is 5.37. The first-order valence-corrected chi connectivity index (χ1v) is 10.0. The molecule has 7 heteroatoms. The summed E-state index contributed by atoms with van der Waals surface area (Å²) in [6, 6.07) is 11.8. The summed E-state index contributed by atoms with van der Waals surface area (Å²) in [7, 11) is 0. The molecule has 0 bridgehead atoms. The van der Waals surface area contributed by atoms with Crippen LogP contribution in [0.2, 0.25) is 0 Å². The number of carbonyl (C=O) groups is 2. The monoisotopic (exact) mass is 429 g/mol. The summed E-state index contributed by atoms with van der Waals surface area (Å²) in [5.41, 5.74) is 1.84. The van der Waals surface area contributed by atoms with E-state index in [2.05, 4.69) is 11.9 Å². The fraction of sp³-hybridized carbons (Fsp3) is 0.333. The zero-order valence-corrected chi connectivity index (χ0v) is 16.8. The van der Waals surface area contributed by atoms with Crippen molar-refractivity contribution in [2.75, 3.05) is 11.9 Å². The minimum atomic E-state index is -4.40. The maximum absolute atomic E-state index is 12.6. The van der Waals surface area contributed by atoms with E-state index < -0.39 is 17.2 Å². The molecule has 1 aliphatic heterocycles. The quantitative estimate of drug-likeness (QED) is 0.541. The zero-order chi connectivity index (χ0) is 22.2. The highest BCUT2D eigenvalue weighted by Gasteiger charge is 2.55. The topological polar surface area (TPSA) is 55.4 Å². The van der Waals surface area contributed by atoms with Gasteiger partial charge in [0.2, 0.25) is 5.91 Å². The van der Waals surface area contributed by atoms with Crippen molar-refractivity contribution < 1.29 is 27.5 Å². The van der Waals surface area contributed by atoms with Crippen LogP contribution in [-0.4, -0.2) is 18.5 Å². The molecule has 1 aliphatic carbocycles. The molecule has 1 N–H and O–H groups in total. The number of alkyl halides is 3. The van der Waals surface area contributed by atoms with E-state index in [4.69, 9.17) is 4.74 Å². The van der Waals surface area contributed by atoms with Crippen LogP contribution in [0.15, 0.2) is 60.7 Å². The summed E-state index contributed by atoms with van der Waals surface area (Å²) in [6.07, 6.45) is -2.41. The van der Waals surface area contributed by atoms with Gasteiger partial charge in [0.05, 0.1) is 24.0 Å². The van der Waals surface area contributed by atoms with Gasteiger partial charge in [-0.3, -0.25) is 9.59 Å². The Morgan fingerprint density at radius 3 is 2.39 bits per heavy atom. The molecule has 2 atom stereocenters. The van der Waals surface area contributed by atoms with Crippen molar-refractivity contribution in [3.05, 3.63) is 77.4 Å². The summed E-state index contributed by atoms with van der Waals surface area (Å²) in [5.74, 6) is -0.321. The fourth-order valence-corrected chi connectivity index (χ4v) is 4.54. The predicted octanol–water partition coefficient (Wildman–Crippen LogP) is 4.94. The van der Waals surface area contributed by atoms with Gasteiger partial charge in [0.15, 0.2) is 0 Å². The normalized spacial score (nSPS) is 22.9. The molecule has 4 rings (SSSR count). The lowest BCUT2D eigenvalue weighted by molar-refractivity contribution is -0.146. The van der Waals surface area contributed by atoms with Crippen LogP contribution in [0.3, 0.4) is 0 Å². The number of hydrogen-bond donors (Lipinski definition) is 1. The molecule has 1 saturated heterocycles. The lowest BCUT2D eigenvalue weighted by atomic mass is 9.75. The minimum Gasteiger partial charge on any atom is -0.465 e. The lowest BCUT2D eigenvalue weighted by Gasteiger charge is -2.24. The summed E-state index contributed by atoms with van der Waals surface area (Å²) >= 11 is 0. The molecule has 0 aromatic heterocycles. The molecule has 4 nitrogen and oxygen atoms in total. The van der Waals surface area contributed by atoms with Gasteiger partial charge in [0, 0.05) is 11.6 Å². The third kappa shape index (κ3) is 4.36. The van der Waals surface area contributed by atoms with Crippen LogP contribution in [-0.2, 0) is 33.3 Å². The standard InChI is InChI=1S/C24H22F3NO3/c1-15-10-19-14-31-22(30)23(19,12-15)13-17-4-8-20(9-5-17)28-21(29)11-16-2-6-18(7-3-16)24(25,26)27/h2-9,19H,1,10-14H2,(H,28,29). The van der Waals surface area contributed by atoms with E-state index in [1.807, 2.05) is 12.1 Å². The number of anilines is 1. The van der Waals surface area contributed by atoms with E-state index in [1.54, 1.807) is 12.1 Å². The molecule has 1 amide bonds. The smallest absolute Gasteiger partial charge is 0.416 e. The van der Waals surface area contributed by atoms with E-state index in [9.17, 15) is 22.8 Å². The van der Waals surface area contributed by atoms with Crippen molar-refractivity contribution in [1.82, 2.24) is 0 Å². The molecular formula is C24H22F3NO3. The molecule has 1 saturated carbocycles. The van der Waals surface area contributed by atoms with Gasteiger partial charge in [0.1, 0.15) is 0 Å². The minimum absolute atomic E-state index is 0.0291. The number of halogens is 3. The Balaban J connectivity index is 1.37. The van der Waals surface area contributed by atoms with Gasteiger partial charge in [-0.1, -0.05) is 36.4 Å². The molecular weight excluding hydrogens is 407 g/mol. The summed E-state index contributed by atoms with van der Waals surface area (Å²) in [6.45, 7) is 4.49. The molecule has 162 valence electrons. The van der Waals surface area contributed by atoms with E-state index in [1.165, 1.54) is 12.1 Å². The lowest BCUT2D eigenvalue weighted by Crippen LogP contribution is -2.31. The summed E-state index contributed by atoms with van der Waals surface area (Å²) in [4.78, 5) is 24.7. The van der Waals surface area contributed by atoms with Crippen molar-refractivity contribution in [3.63, 3.8) is 0 Å². The van der Waals surface area contributed by atoms with Crippen molar-refractivity contribution in [2.24, 2.45) is 11.3 Å². The van der Waals surface area contributed by atoms with E-state index in [0.717, 1.165) is 29.7 Å². The average Bonchev–Trinajstić information content (AvgIpc) is 3.17.